The summed E-state index contributed by atoms with van der Waals surface area (Å²) in [4.78, 5) is 30.1. The van der Waals surface area contributed by atoms with Crippen LogP contribution in [0, 0.1) is 6.92 Å². The number of nitrogens with one attached hydrogen (secondary N) is 1. The quantitative estimate of drug-likeness (QED) is 0.675. The molecule has 1 aromatic carbocycles. The van der Waals surface area contributed by atoms with Gasteiger partial charge in [0.25, 0.3) is 5.91 Å². The van der Waals surface area contributed by atoms with Crippen LogP contribution in [0.25, 0.3) is 10.2 Å². The maximum Gasteiger partial charge on any atom is 0.271 e. The standard InChI is InChI=1S/C24H27N3O2S/c1-16-7-3-4-8-18(16)14-27-21(28)20-13-17-11-12-30-22(17)26(20)15-24(27,2)23(29)25-19-9-5-6-10-19/h3-4,7-8,11-13,19H,5-6,9-10,14-15H2,1-2H3,(H,25,29)/t24-/m1/s1. The Balaban J connectivity index is 1.57. The molecule has 1 aliphatic carbocycles. The highest BCUT2D eigenvalue weighted by molar-refractivity contribution is 7.16. The van der Waals surface area contributed by atoms with Gasteiger partial charge in [0.05, 0.1) is 6.54 Å². The van der Waals surface area contributed by atoms with Crippen molar-refractivity contribution in [3.63, 3.8) is 0 Å². The molecule has 0 unspecified atom stereocenters. The molecule has 0 bridgehead atoms. The molecule has 5 rings (SSSR count). The number of rotatable bonds is 4. The largest absolute Gasteiger partial charge is 0.351 e. The first-order valence-corrected chi connectivity index (χ1v) is 11.6. The smallest absolute Gasteiger partial charge is 0.271 e. The Kier molecular flexibility index (Phi) is 4.69. The number of aryl methyl sites for hydroxylation is 1. The van der Waals surface area contributed by atoms with Gasteiger partial charge in [-0.3, -0.25) is 9.59 Å². The number of hydrogen-bond acceptors (Lipinski definition) is 3. The number of hydrogen-bond donors (Lipinski definition) is 1. The first-order chi connectivity index (χ1) is 14.5. The van der Waals surface area contributed by atoms with Crippen LogP contribution < -0.4 is 5.32 Å². The highest BCUT2D eigenvalue weighted by Crippen LogP contribution is 2.36. The predicted octanol–water partition coefficient (Wildman–Crippen LogP) is 4.48. The SMILES string of the molecule is Cc1ccccc1CN1C(=O)c2cc3ccsc3n2C[C@]1(C)C(=O)NC1CCCC1. The van der Waals surface area contributed by atoms with Crippen molar-refractivity contribution in [3.8, 4) is 0 Å². The molecule has 1 N–H and O–H groups in total. The summed E-state index contributed by atoms with van der Waals surface area (Å²) < 4.78 is 2.05. The molecular weight excluding hydrogens is 394 g/mol. The van der Waals surface area contributed by atoms with Crippen molar-refractivity contribution in [3.05, 3.63) is 58.6 Å². The zero-order valence-corrected chi connectivity index (χ0v) is 18.3. The number of benzene rings is 1. The molecule has 1 aliphatic heterocycles. The van der Waals surface area contributed by atoms with E-state index in [1.54, 1.807) is 16.2 Å². The third-order valence-electron chi connectivity index (χ3n) is 6.80. The van der Waals surface area contributed by atoms with Crippen LogP contribution in [0.5, 0.6) is 0 Å². The summed E-state index contributed by atoms with van der Waals surface area (Å²) in [5, 5.41) is 6.37. The van der Waals surface area contributed by atoms with Crippen LogP contribution >= 0.6 is 11.3 Å². The summed E-state index contributed by atoms with van der Waals surface area (Å²) in [6.45, 7) is 4.88. The Labute approximate surface area is 180 Å². The average Bonchev–Trinajstić information content (AvgIpc) is 3.45. The second kappa shape index (κ2) is 7.27. The summed E-state index contributed by atoms with van der Waals surface area (Å²) in [5.41, 5.74) is 1.94. The summed E-state index contributed by atoms with van der Waals surface area (Å²) >= 11 is 1.62. The minimum atomic E-state index is -0.940. The second-order valence-electron chi connectivity index (χ2n) is 8.84. The van der Waals surface area contributed by atoms with Gasteiger partial charge >= 0.3 is 0 Å². The van der Waals surface area contributed by atoms with Crippen molar-refractivity contribution < 1.29 is 9.59 Å². The van der Waals surface area contributed by atoms with Crippen molar-refractivity contribution in [2.24, 2.45) is 0 Å². The number of amides is 2. The summed E-state index contributed by atoms with van der Waals surface area (Å²) in [7, 11) is 0. The third-order valence-corrected chi connectivity index (χ3v) is 7.75. The van der Waals surface area contributed by atoms with Gasteiger partial charge < -0.3 is 14.8 Å². The Morgan fingerprint density at radius 1 is 1.23 bits per heavy atom. The molecule has 3 heterocycles. The van der Waals surface area contributed by atoms with Crippen LogP contribution in [0.2, 0.25) is 0 Å². The minimum Gasteiger partial charge on any atom is -0.351 e. The van der Waals surface area contributed by atoms with Gasteiger partial charge in [0.2, 0.25) is 5.91 Å². The van der Waals surface area contributed by atoms with Crippen molar-refractivity contribution in [2.45, 2.75) is 64.2 Å². The van der Waals surface area contributed by atoms with Crippen molar-refractivity contribution in [1.29, 1.82) is 0 Å². The van der Waals surface area contributed by atoms with Crippen molar-refractivity contribution >= 4 is 33.4 Å². The van der Waals surface area contributed by atoms with E-state index in [1.165, 1.54) is 0 Å². The molecule has 0 radical (unpaired) electrons. The average molecular weight is 422 g/mol. The van der Waals surface area contributed by atoms with E-state index in [1.807, 2.05) is 47.2 Å². The van der Waals surface area contributed by atoms with Gasteiger partial charge in [-0.25, -0.2) is 0 Å². The molecule has 1 saturated carbocycles. The van der Waals surface area contributed by atoms with Crippen LogP contribution in [0.1, 0.15) is 54.2 Å². The van der Waals surface area contributed by atoms with Gasteiger partial charge in [0.1, 0.15) is 16.1 Å². The monoisotopic (exact) mass is 421 g/mol. The van der Waals surface area contributed by atoms with Crippen LogP contribution in [0.15, 0.2) is 41.8 Å². The molecular formula is C24H27N3O2S. The maximum absolute atomic E-state index is 13.7. The number of thiophene rings is 1. The van der Waals surface area contributed by atoms with Gasteiger partial charge in [-0.1, -0.05) is 37.1 Å². The normalized spacial score (nSPS) is 21.9. The lowest BCUT2D eigenvalue weighted by atomic mass is 9.93. The van der Waals surface area contributed by atoms with E-state index in [2.05, 4.69) is 18.3 Å². The fraction of sp³-hybridized carbons (Fsp3) is 0.417. The number of aromatic nitrogens is 1. The molecule has 0 saturated heterocycles. The molecule has 3 aromatic rings. The summed E-state index contributed by atoms with van der Waals surface area (Å²) in [6.07, 6.45) is 4.37. The van der Waals surface area contributed by atoms with E-state index in [-0.39, 0.29) is 17.9 Å². The molecule has 0 spiro atoms. The summed E-state index contributed by atoms with van der Waals surface area (Å²) in [6, 6.07) is 12.3. The summed E-state index contributed by atoms with van der Waals surface area (Å²) in [5.74, 6) is -0.114. The highest BCUT2D eigenvalue weighted by atomic mass is 32.1. The molecule has 30 heavy (non-hydrogen) atoms. The Bertz CT molecular complexity index is 1120. The van der Waals surface area contributed by atoms with Gasteiger partial charge in [0.15, 0.2) is 0 Å². The van der Waals surface area contributed by atoms with Crippen LogP contribution in [0.3, 0.4) is 0 Å². The lowest BCUT2D eigenvalue weighted by Crippen LogP contribution is -2.64. The molecule has 156 valence electrons. The number of fused-ring (bicyclic) bond motifs is 3. The van der Waals surface area contributed by atoms with Gasteiger partial charge in [-0.15, -0.1) is 11.3 Å². The van der Waals surface area contributed by atoms with Gasteiger partial charge in [0, 0.05) is 18.0 Å². The zero-order valence-electron chi connectivity index (χ0n) is 17.5. The molecule has 1 atom stereocenters. The fourth-order valence-electron chi connectivity index (χ4n) is 4.87. The molecule has 2 aromatic heterocycles. The number of carbonyl (C=O) groups is 2. The Morgan fingerprint density at radius 3 is 2.77 bits per heavy atom. The molecule has 2 aliphatic rings. The van der Waals surface area contributed by atoms with Crippen molar-refractivity contribution in [2.75, 3.05) is 0 Å². The molecule has 2 amide bonds. The van der Waals surface area contributed by atoms with E-state index in [9.17, 15) is 9.59 Å². The van der Waals surface area contributed by atoms with Crippen LogP contribution in [-0.4, -0.2) is 32.9 Å². The van der Waals surface area contributed by atoms with E-state index in [0.29, 0.717) is 18.8 Å². The molecule has 1 fully saturated rings. The van der Waals surface area contributed by atoms with Gasteiger partial charge in [-0.05, 0) is 55.3 Å². The van der Waals surface area contributed by atoms with Crippen molar-refractivity contribution in [1.82, 2.24) is 14.8 Å². The zero-order chi connectivity index (χ0) is 20.9. The number of nitrogens with zero attached hydrogens (tertiary/aromatic N) is 2. The maximum atomic E-state index is 13.7. The topological polar surface area (TPSA) is 54.3 Å². The van der Waals surface area contributed by atoms with Gasteiger partial charge in [-0.2, -0.15) is 0 Å². The first kappa shape index (κ1) is 19.4. The van der Waals surface area contributed by atoms with Crippen LogP contribution in [0.4, 0.5) is 0 Å². The highest BCUT2D eigenvalue weighted by Gasteiger charge is 2.48. The lowest BCUT2D eigenvalue weighted by molar-refractivity contribution is -0.133. The number of carbonyl (C=O) groups excluding carboxylic acids is 2. The van der Waals surface area contributed by atoms with E-state index in [4.69, 9.17) is 0 Å². The van der Waals surface area contributed by atoms with E-state index in [0.717, 1.165) is 47.0 Å². The van der Waals surface area contributed by atoms with Crippen LogP contribution in [-0.2, 0) is 17.9 Å². The fourth-order valence-corrected chi connectivity index (χ4v) is 5.77. The second-order valence-corrected chi connectivity index (χ2v) is 9.74. The predicted molar refractivity (Wildman–Crippen MR) is 120 cm³/mol. The first-order valence-electron chi connectivity index (χ1n) is 10.7. The molecule has 6 heteroatoms. The minimum absolute atomic E-state index is 0.0413. The lowest BCUT2D eigenvalue weighted by Gasteiger charge is -2.44. The van der Waals surface area contributed by atoms with E-state index >= 15 is 0 Å². The Morgan fingerprint density at radius 2 is 2.00 bits per heavy atom. The van der Waals surface area contributed by atoms with E-state index < -0.39 is 5.54 Å². The molecule has 5 nitrogen and oxygen atoms in total. The Hall–Kier alpha value is -2.60. The third kappa shape index (κ3) is 3.05.